The minimum Gasteiger partial charge on any atom is -0.493 e. The van der Waals surface area contributed by atoms with Crippen LogP contribution in [0.3, 0.4) is 0 Å². The van der Waals surface area contributed by atoms with Crippen molar-refractivity contribution < 1.29 is 14.3 Å². The van der Waals surface area contributed by atoms with E-state index in [2.05, 4.69) is 10.5 Å². The van der Waals surface area contributed by atoms with Gasteiger partial charge in [-0.05, 0) is 48.9 Å². The molecule has 0 fully saturated rings. The molecule has 1 amide bonds. The Morgan fingerprint density at radius 3 is 2.64 bits per heavy atom. The molecule has 0 aliphatic rings. The van der Waals surface area contributed by atoms with Gasteiger partial charge < -0.3 is 9.47 Å². The fourth-order valence-corrected chi connectivity index (χ4v) is 3.17. The Morgan fingerprint density at radius 1 is 1.20 bits per heavy atom. The minimum atomic E-state index is -0.305. The van der Waals surface area contributed by atoms with E-state index in [0.717, 1.165) is 10.5 Å². The molecule has 7 heteroatoms. The fourth-order valence-electron chi connectivity index (χ4n) is 1.99. The van der Waals surface area contributed by atoms with Gasteiger partial charge >= 0.3 is 0 Å². The number of hydrogen-bond acceptors (Lipinski definition) is 5. The minimum absolute atomic E-state index is 0.193. The van der Waals surface area contributed by atoms with Gasteiger partial charge in [0.1, 0.15) is 0 Å². The molecule has 0 aliphatic heterocycles. The monoisotopic (exact) mass is 378 g/mol. The zero-order valence-corrected chi connectivity index (χ0v) is 15.7. The molecule has 0 aliphatic carbocycles. The molecule has 0 bridgehead atoms. The van der Waals surface area contributed by atoms with Gasteiger partial charge in [0, 0.05) is 9.92 Å². The van der Waals surface area contributed by atoms with Gasteiger partial charge in [-0.1, -0.05) is 17.7 Å². The summed E-state index contributed by atoms with van der Waals surface area (Å²) in [5, 5.41) is 4.33. The summed E-state index contributed by atoms with van der Waals surface area (Å²) in [6.07, 6.45) is 1.55. The third-order valence-corrected chi connectivity index (χ3v) is 4.60. The van der Waals surface area contributed by atoms with E-state index in [1.165, 1.54) is 11.8 Å². The molecule has 0 radical (unpaired) electrons. The van der Waals surface area contributed by atoms with Gasteiger partial charge in [0.05, 0.1) is 25.7 Å². The van der Waals surface area contributed by atoms with Crippen molar-refractivity contribution in [3.8, 4) is 11.5 Å². The number of carbonyl (C=O) groups is 1. The van der Waals surface area contributed by atoms with Gasteiger partial charge in [-0.3, -0.25) is 4.79 Å². The molecule has 0 saturated carbocycles. The maximum atomic E-state index is 12.1. The fraction of sp³-hybridized carbons (Fsp3) is 0.222. The van der Waals surface area contributed by atoms with Gasteiger partial charge in [-0.25, -0.2) is 5.43 Å². The number of hydrogen-bond donors (Lipinski definition) is 1. The Kier molecular flexibility index (Phi) is 7.16. The third-order valence-electron chi connectivity index (χ3n) is 3.27. The van der Waals surface area contributed by atoms with Gasteiger partial charge in [0.25, 0.3) is 5.91 Å². The summed E-state index contributed by atoms with van der Waals surface area (Å²) in [6.45, 7) is 1.81. The lowest BCUT2D eigenvalue weighted by atomic mass is 10.2. The molecule has 2 aromatic rings. The number of hydrazone groups is 1. The highest BCUT2D eigenvalue weighted by atomic mass is 35.5. The Morgan fingerprint density at radius 2 is 1.96 bits per heavy atom. The molecule has 0 spiro atoms. The first-order valence-electron chi connectivity index (χ1n) is 7.50. The normalized spacial score (nSPS) is 12.0. The van der Waals surface area contributed by atoms with E-state index in [1.54, 1.807) is 38.6 Å². The number of amides is 1. The average molecular weight is 379 g/mol. The summed E-state index contributed by atoms with van der Waals surface area (Å²) in [5.74, 6) is 1.04. The highest BCUT2D eigenvalue weighted by molar-refractivity contribution is 8.00. The van der Waals surface area contributed by atoms with Gasteiger partial charge in [0.15, 0.2) is 11.5 Å². The Labute approximate surface area is 156 Å². The second-order valence-electron chi connectivity index (χ2n) is 5.07. The molecule has 2 aromatic carbocycles. The van der Waals surface area contributed by atoms with Crippen LogP contribution in [0.5, 0.6) is 11.5 Å². The molecule has 1 N–H and O–H groups in total. The quantitative estimate of drug-likeness (QED) is 0.449. The van der Waals surface area contributed by atoms with Crippen molar-refractivity contribution in [1.29, 1.82) is 0 Å². The van der Waals surface area contributed by atoms with E-state index in [-0.39, 0.29) is 11.2 Å². The van der Waals surface area contributed by atoms with Crippen LogP contribution in [0, 0.1) is 0 Å². The number of nitrogens with zero attached hydrogens (tertiary/aromatic N) is 1. The number of nitrogens with one attached hydrogen (secondary N) is 1. The van der Waals surface area contributed by atoms with Crippen molar-refractivity contribution in [2.75, 3.05) is 14.2 Å². The number of rotatable bonds is 7. The van der Waals surface area contributed by atoms with Gasteiger partial charge in [-0.2, -0.15) is 5.10 Å². The first-order chi connectivity index (χ1) is 12.0. The lowest BCUT2D eigenvalue weighted by Gasteiger charge is -2.10. The number of carbonyl (C=O) groups excluding carboxylic acids is 1. The number of methoxy groups -OCH3 is 2. The van der Waals surface area contributed by atoms with Crippen molar-refractivity contribution in [2.24, 2.45) is 5.10 Å². The summed E-state index contributed by atoms with van der Waals surface area (Å²) < 4.78 is 10.4. The summed E-state index contributed by atoms with van der Waals surface area (Å²) in [7, 11) is 3.14. The first kappa shape index (κ1) is 19.1. The van der Waals surface area contributed by atoms with Crippen molar-refractivity contribution in [3.63, 3.8) is 0 Å². The van der Waals surface area contributed by atoms with E-state index in [4.69, 9.17) is 21.1 Å². The Balaban J connectivity index is 1.93. The molecule has 0 aromatic heterocycles. The zero-order chi connectivity index (χ0) is 18.2. The number of halogens is 1. The van der Waals surface area contributed by atoms with E-state index in [1.807, 2.05) is 31.2 Å². The summed E-state index contributed by atoms with van der Waals surface area (Å²) in [4.78, 5) is 13.1. The number of thioether (sulfide) groups is 1. The molecule has 25 heavy (non-hydrogen) atoms. The Bertz CT molecular complexity index is 768. The van der Waals surface area contributed by atoms with Crippen LogP contribution in [-0.2, 0) is 4.79 Å². The smallest absolute Gasteiger partial charge is 0.253 e. The molecule has 1 atom stereocenters. The molecular weight excluding hydrogens is 360 g/mol. The van der Waals surface area contributed by atoms with E-state index in [0.29, 0.717) is 16.5 Å². The zero-order valence-electron chi connectivity index (χ0n) is 14.2. The summed E-state index contributed by atoms with van der Waals surface area (Å²) >= 11 is 7.37. The standard InChI is InChI=1S/C18H19ClN2O3S/c1-12(25-15-6-4-5-14(19)10-15)18(22)21-20-11-13-7-8-16(23-2)17(9-13)24-3/h4-12H,1-3H3,(H,21,22). The van der Waals surface area contributed by atoms with Crippen LogP contribution in [0.1, 0.15) is 12.5 Å². The summed E-state index contributed by atoms with van der Waals surface area (Å²) in [6, 6.07) is 12.8. The second kappa shape index (κ2) is 9.34. The van der Waals surface area contributed by atoms with Crippen LogP contribution in [-0.4, -0.2) is 31.6 Å². The predicted octanol–water partition coefficient (Wildman–Crippen LogP) is 3.99. The van der Waals surface area contributed by atoms with Gasteiger partial charge in [-0.15, -0.1) is 11.8 Å². The average Bonchev–Trinajstić information content (AvgIpc) is 2.61. The van der Waals surface area contributed by atoms with E-state index < -0.39 is 0 Å². The maximum absolute atomic E-state index is 12.1. The molecular formula is C18H19ClN2O3S. The Hall–Kier alpha value is -2.18. The van der Waals surface area contributed by atoms with Gasteiger partial charge in [0.2, 0.25) is 0 Å². The molecule has 132 valence electrons. The van der Waals surface area contributed by atoms with Crippen LogP contribution >= 0.6 is 23.4 Å². The molecule has 0 saturated heterocycles. The highest BCUT2D eigenvalue weighted by Gasteiger charge is 2.13. The SMILES string of the molecule is COc1ccc(C=NNC(=O)C(C)Sc2cccc(Cl)c2)cc1OC. The number of benzene rings is 2. The lowest BCUT2D eigenvalue weighted by molar-refractivity contribution is -0.120. The molecule has 1 unspecified atom stereocenters. The maximum Gasteiger partial charge on any atom is 0.253 e. The van der Waals surface area contributed by atoms with Crippen LogP contribution in [0.25, 0.3) is 0 Å². The topological polar surface area (TPSA) is 59.9 Å². The largest absolute Gasteiger partial charge is 0.493 e. The van der Waals surface area contributed by atoms with E-state index >= 15 is 0 Å². The predicted molar refractivity (Wildman–Crippen MR) is 102 cm³/mol. The van der Waals surface area contributed by atoms with Crippen LogP contribution in [0.2, 0.25) is 5.02 Å². The van der Waals surface area contributed by atoms with Crippen molar-refractivity contribution in [1.82, 2.24) is 5.43 Å². The first-order valence-corrected chi connectivity index (χ1v) is 8.76. The van der Waals surface area contributed by atoms with Crippen LogP contribution in [0.4, 0.5) is 0 Å². The molecule has 5 nitrogen and oxygen atoms in total. The lowest BCUT2D eigenvalue weighted by Crippen LogP contribution is -2.26. The van der Waals surface area contributed by atoms with E-state index in [9.17, 15) is 4.79 Å². The molecule has 2 rings (SSSR count). The van der Waals surface area contributed by atoms with Crippen molar-refractivity contribution >= 4 is 35.5 Å². The van der Waals surface area contributed by atoms with Crippen molar-refractivity contribution in [3.05, 3.63) is 53.1 Å². The summed E-state index contributed by atoms with van der Waals surface area (Å²) in [5.41, 5.74) is 3.32. The van der Waals surface area contributed by atoms with Crippen LogP contribution in [0.15, 0.2) is 52.5 Å². The van der Waals surface area contributed by atoms with Crippen LogP contribution < -0.4 is 14.9 Å². The molecule has 0 heterocycles. The third kappa shape index (κ3) is 5.69. The number of ether oxygens (including phenoxy) is 2. The highest BCUT2D eigenvalue weighted by Crippen LogP contribution is 2.27. The van der Waals surface area contributed by atoms with Crippen molar-refractivity contribution in [2.45, 2.75) is 17.1 Å². The second-order valence-corrected chi connectivity index (χ2v) is 6.92.